The summed E-state index contributed by atoms with van der Waals surface area (Å²) in [5.41, 5.74) is 2.56. The molecule has 2 aromatic rings. The SMILES string of the molecule is Cc1cnc(C(C)N2Cc3ccccc3CO2)o1. The smallest absolute Gasteiger partial charge is 0.213 e. The second-order valence-electron chi connectivity index (χ2n) is 4.60. The van der Waals surface area contributed by atoms with Gasteiger partial charge in [-0.1, -0.05) is 24.3 Å². The lowest BCUT2D eigenvalue weighted by Crippen LogP contribution is -2.31. The summed E-state index contributed by atoms with van der Waals surface area (Å²) < 4.78 is 5.55. The average molecular weight is 244 g/mol. The highest BCUT2D eigenvalue weighted by molar-refractivity contribution is 5.27. The lowest BCUT2D eigenvalue weighted by Gasteiger charge is -2.31. The van der Waals surface area contributed by atoms with Crippen LogP contribution in [0.1, 0.15) is 35.7 Å². The second-order valence-corrected chi connectivity index (χ2v) is 4.60. The van der Waals surface area contributed by atoms with Gasteiger partial charge in [-0.05, 0) is 25.0 Å². The predicted octanol–water partition coefficient (Wildman–Crippen LogP) is 2.99. The first kappa shape index (κ1) is 11.4. The van der Waals surface area contributed by atoms with Crippen LogP contribution in [0.2, 0.25) is 0 Å². The van der Waals surface area contributed by atoms with Crippen molar-refractivity contribution in [3.8, 4) is 0 Å². The molecule has 0 bridgehead atoms. The molecule has 0 aliphatic carbocycles. The molecule has 0 saturated heterocycles. The van der Waals surface area contributed by atoms with E-state index in [4.69, 9.17) is 9.25 Å². The van der Waals surface area contributed by atoms with Crippen molar-refractivity contribution >= 4 is 0 Å². The topological polar surface area (TPSA) is 38.5 Å². The fourth-order valence-electron chi connectivity index (χ4n) is 2.16. The molecule has 1 aliphatic heterocycles. The van der Waals surface area contributed by atoms with Crippen LogP contribution in [-0.2, 0) is 18.0 Å². The molecule has 0 fully saturated rings. The molecule has 1 aromatic carbocycles. The fourth-order valence-corrected chi connectivity index (χ4v) is 2.16. The maximum absolute atomic E-state index is 5.76. The molecule has 4 heteroatoms. The van der Waals surface area contributed by atoms with Crippen molar-refractivity contribution in [1.82, 2.24) is 10.0 Å². The van der Waals surface area contributed by atoms with Crippen molar-refractivity contribution in [2.45, 2.75) is 33.0 Å². The summed E-state index contributed by atoms with van der Waals surface area (Å²) in [6, 6.07) is 8.36. The molecule has 1 aliphatic rings. The van der Waals surface area contributed by atoms with Gasteiger partial charge in [0.25, 0.3) is 0 Å². The van der Waals surface area contributed by atoms with E-state index in [1.54, 1.807) is 6.20 Å². The molecule has 0 spiro atoms. The van der Waals surface area contributed by atoms with Crippen LogP contribution in [-0.4, -0.2) is 10.0 Å². The van der Waals surface area contributed by atoms with Gasteiger partial charge in [0, 0.05) is 0 Å². The standard InChI is InChI=1S/C14H16N2O2/c1-10-7-15-14(18-10)11(2)16-8-12-5-3-4-6-13(12)9-17-16/h3-7,11H,8-9H2,1-2H3. The molecule has 0 saturated carbocycles. The number of hydrogen-bond acceptors (Lipinski definition) is 4. The maximum Gasteiger partial charge on any atom is 0.213 e. The van der Waals surface area contributed by atoms with Gasteiger partial charge in [-0.2, -0.15) is 5.06 Å². The van der Waals surface area contributed by atoms with Crippen LogP contribution in [0, 0.1) is 6.92 Å². The van der Waals surface area contributed by atoms with E-state index in [0.717, 1.165) is 12.3 Å². The highest BCUT2D eigenvalue weighted by Gasteiger charge is 2.25. The molecule has 3 rings (SSSR count). The Bertz CT molecular complexity index is 550. The Kier molecular flexibility index (Phi) is 2.89. The highest BCUT2D eigenvalue weighted by atomic mass is 16.7. The van der Waals surface area contributed by atoms with Crippen LogP contribution >= 0.6 is 0 Å². The molecule has 94 valence electrons. The molecule has 4 nitrogen and oxygen atoms in total. The third-order valence-corrected chi connectivity index (χ3v) is 3.26. The summed E-state index contributed by atoms with van der Waals surface area (Å²) >= 11 is 0. The van der Waals surface area contributed by atoms with Crippen LogP contribution in [0.3, 0.4) is 0 Å². The van der Waals surface area contributed by atoms with Gasteiger partial charge in [-0.3, -0.25) is 4.84 Å². The van der Waals surface area contributed by atoms with E-state index in [2.05, 4.69) is 23.2 Å². The van der Waals surface area contributed by atoms with E-state index in [-0.39, 0.29) is 6.04 Å². The van der Waals surface area contributed by atoms with Crippen LogP contribution in [0.4, 0.5) is 0 Å². The van der Waals surface area contributed by atoms with Gasteiger partial charge in [0.2, 0.25) is 5.89 Å². The third-order valence-electron chi connectivity index (χ3n) is 3.26. The molecule has 1 atom stereocenters. The van der Waals surface area contributed by atoms with Gasteiger partial charge in [-0.25, -0.2) is 4.98 Å². The number of rotatable bonds is 2. The number of hydroxylamine groups is 2. The molecule has 0 amide bonds. The van der Waals surface area contributed by atoms with Gasteiger partial charge < -0.3 is 4.42 Å². The van der Waals surface area contributed by atoms with E-state index < -0.39 is 0 Å². The van der Waals surface area contributed by atoms with Crippen LogP contribution in [0.5, 0.6) is 0 Å². The Morgan fingerprint density at radius 2 is 2.06 bits per heavy atom. The summed E-state index contributed by atoms with van der Waals surface area (Å²) in [5, 5.41) is 1.92. The van der Waals surface area contributed by atoms with Gasteiger partial charge in [-0.15, -0.1) is 0 Å². The van der Waals surface area contributed by atoms with Crippen molar-refractivity contribution in [1.29, 1.82) is 0 Å². The van der Waals surface area contributed by atoms with Crippen LogP contribution in [0.15, 0.2) is 34.9 Å². The number of benzene rings is 1. The number of hydrogen-bond donors (Lipinski definition) is 0. The van der Waals surface area contributed by atoms with E-state index in [1.165, 1.54) is 11.1 Å². The van der Waals surface area contributed by atoms with Crippen molar-refractivity contribution in [3.05, 3.63) is 53.2 Å². The number of oxazole rings is 1. The zero-order valence-corrected chi connectivity index (χ0v) is 10.6. The van der Waals surface area contributed by atoms with Crippen LogP contribution in [0.25, 0.3) is 0 Å². The first-order valence-electron chi connectivity index (χ1n) is 6.12. The molecule has 18 heavy (non-hydrogen) atoms. The minimum atomic E-state index is 0.0204. The average Bonchev–Trinajstić information content (AvgIpc) is 2.84. The van der Waals surface area contributed by atoms with E-state index >= 15 is 0 Å². The number of aromatic nitrogens is 1. The van der Waals surface area contributed by atoms with E-state index in [1.807, 2.05) is 25.0 Å². The zero-order valence-electron chi connectivity index (χ0n) is 10.6. The maximum atomic E-state index is 5.76. The Morgan fingerprint density at radius 1 is 1.28 bits per heavy atom. The molecule has 0 radical (unpaired) electrons. The van der Waals surface area contributed by atoms with Gasteiger partial charge in [0.1, 0.15) is 11.8 Å². The summed E-state index contributed by atoms with van der Waals surface area (Å²) in [6.07, 6.45) is 1.74. The molecule has 0 N–H and O–H groups in total. The summed E-state index contributed by atoms with van der Waals surface area (Å²) in [7, 11) is 0. The first-order valence-corrected chi connectivity index (χ1v) is 6.12. The molecular formula is C14H16N2O2. The monoisotopic (exact) mass is 244 g/mol. The minimum absolute atomic E-state index is 0.0204. The molecule has 1 aromatic heterocycles. The number of fused-ring (bicyclic) bond motifs is 1. The van der Waals surface area contributed by atoms with Crippen molar-refractivity contribution < 1.29 is 9.25 Å². The predicted molar refractivity (Wildman–Crippen MR) is 66.4 cm³/mol. The zero-order chi connectivity index (χ0) is 12.5. The lowest BCUT2D eigenvalue weighted by atomic mass is 10.1. The van der Waals surface area contributed by atoms with Gasteiger partial charge in [0.15, 0.2) is 0 Å². The van der Waals surface area contributed by atoms with Crippen molar-refractivity contribution in [2.75, 3.05) is 0 Å². The minimum Gasteiger partial charge on any atom is -0.444 e. The Hall–Kier alpha value is -1.65. The summed E-state index contributed by atoms with van der Waals surface area (Å²) in [5.74, 6) is 1.53. The fraction of sp³-hybridized carbons (Fsp3) is 0.357. The lowest BCUT2D eigenvalue weighted by molar-refractivity contribution is -0.215. The largest absolute Gasteiger partial charge is 0.444 e. The third kappa shape index (κ3) is 2.05. The van der Waals surface area contributed by atoms with Gasteiger partial charge >= 0.3 is 0 Å². The Labute approximate surface area is 106 Å². The normalized spacial score (nSPS) is 17.4. The van der Waals surface area contributed by atoms with Gasteiger partial charge in [0.05, 0.1) is 19.3 Å². The van der Waals surface area contributed by atoms with Crippen molar-refractivity contribution in [3.63, 3.8) is 0 Å². The molecule has 2 heterocycles. The molecule has 1 unspecified atom stereocenters. The van der Waals surface area contributed by atoms with E-state index in [0.29, 0.717) is 12.5 Å². The summed E-state index contributed by atoms with van der Waals surface area (Å²) in [4.78, 5) is 10.0. The molecular weight excluding hydrogens is 228 g/mol. The Morgan fingerprint density at radius 3 is 2.78 bits per heavy atom. The van der Waals surface area contributed by atoms with Crippen LogP contribution < -0.4 is 0 Å². The number of aryl methyl sites for hydroxylation is 1. The number of nitrogens with zero attached hydrogens (tertiary/aromatic N) is 2. The second kappa shape index (κ2) is 4.55. The van der Waals surface area contributed by atoms with E-state index in [9.17, 15) is 0 Å². The quantitative estimate of drug-likeness (QED) is 0.814. The first-order chi connectivity index (χ1) is 8.74. The van der Waals surface area contributed by atoms with Crippen molar-refractivity contribution in [2.24, 2.45) is 0 Å². The Balaban J connectivity index is 1.79. The highest BCUT2D eigenvalue weighted by Crippen LogP contribution is 2.27. The summed E-state index contributed by atoms with van der Waals surface area (Å²) in [6.45, 7) is 5.31.